The zero-order valence-electron chi connectivity index (χ0n) is 18.3. The summed E-state index contributed by atoms with van der Waals surface area (Å²) >= 11 is 0. The third-order valence-electron chi connectivity index (χ3n) is 5.18. The molecule has 7 heteroatoms. The highest BCUT2D eigenvalue weighted by atomic mass is 16.6. The van der Waals surface area contributed by atoms with Crippen LogP contribution in [0.4, 0.5) is 5.69 Å². The lowest BCUT2D eigenvalue weighted by atomic mass is 10.0. The third-order valence-corrected chi connectivity index (χ3v) is 5.18. The molecule has 0 bridgehead atoms. The number of carbonyl (C=O) groups excluding carboxylic acids is 1. The van der Waals surface area contributed by atoms with E-state index in [0.29, 0.717) is 11.5 Å². The summed E-state index contributed by atoms with van der Waals surface area (Å²) < 4.78 is 7.03. The van der Waals surface area contributed by atoms with Gasteiger partial charge in [-0.25, -0.2) is 4.79 Å². The first-order valence-electron chi connectivity index (χ1n) is 10.5. The summed E-state index contributed by atoms with van der Waals surface area (Å²) in [6.07, 6.45) is 1.18. The highest BCUT2D eigenvalue weighted by molar-refractivity contribution is 5.88. The van der Waals surface area contributed by atoms with Gasteiger partial charge in [0, 0.05) is 23.8 Å². The van der Waals surface area contributed by atoms with Crippen molar-refractivity contribution in [2.24, 2.45) is 0 Å². The van der Waals surface area contributed by atoms with Gasteiger partial charge < -0.3 is 4.74 Å². The number of hydrogen-bond acceptors (Lipinski definition) is 5. The Morgan fingerprint density at radius 2 is 1.70 bits per heavy atom. The molecule has 0 amide bonds. The van der Waals surface area contributed by atoms with Crippen molar-refractivity contribution in [3.05, 3.63) is 106 Å². The van der Waals surface area contributed by atoms with Crippen LogP contribution >= 0.6 is 0 Å². The molecule has 0 saturated carbocycles. The predicted octanol–water partition coefficient (Wildman–Crippen LogP) is 5.09. The Balaban J connectivity index is 2.02. The Kier molecular flexibility index (Phi) is 6.22. The highest BCUT2D eigenvalue weighted by Gasteiger charge is 2.27. The van der Waals surface area contributed by atoms with Crippen molar-refractivity contribution in [2.45, 2.75) is 13.8 Å². The van der Waals surface area contributed by atoms with E-state index in [1.807, 2.05) is 67.6 Å². The molecule has 33 heavy (non-hydrogen) atoms. The van der Waals surface area contributed by atoms with Crippen molar-refractivity contribution >= 4 is 11.7 Å². The number of aryl methyl sites for hydroxylation is 1. The largest absolute Gasteiger partial charge is 0.460 e. The molecule has 4 aromatic rings. The number of benzene rings is 2. The second-order valence-corrected chi connectivity index (χ2v) is 7.43. The molecule has 0 N–H and O–H groups in total. The summed E-state index contributed by atoms with van der Waals surface area (Å²) in [5.41, 5.74) is 4.64. The van der Waals surface area contributed by atoms with Crippen LogP contribution in [0.5, 0.6) is 0 Å². The summed E-state index contributed by atoms with van der Waals surface area (Å²) in [6.45, 7) is 3.97. The molecule has 164 valence electrons. The molecule has 0 unspecified atom stereocenters. The second kappa shape index (κ2) is 9.40. The molecular formula is C26H22N3O4+. The van der Waals surface area contributed by atoms with Gasteiger partial charge in [-0.1, -0.05) is 60.2 Å². The van der Waals surface area contributed by atoms with E-state index in [2.05, 4.69) is 4.98 Å². The van der Waals surface area contributed by atoms with Crippen molar-refractivity contribution in [1.29, 1.82) is 0 Å². The Morgan fingerprint density at radius 3 is 2.30 bits per heavy atom. The lowest BCUT2D eigenvalue weighted by molar-refractivity contribution is -0.591. The number of carbonyl (C=O) groups is 1. The van der Waals surface area contributed by atoms with Crippen LogP contribution in [0.25, 0.3) is 28.2 Å². The minimum Gasteiger partial charge on any atom is -0.460 e. The lowest BCUT2D eigenvalue weighted by Gasteiger charge is -2.14. The number of pyridine rings is 2. The Morgan fingerprint density at radius 1 is 0.970 bits per heavy atom. The van der Waals surface area contributed by atoms with Crippen LogP contribution in [0.1, 0.15) is 23.0 Å². The van der Waals surface area contributed by atoms with E-state index in [1.165, 1.54) is 18.3 Å². The molecule has 0 fully saturated rings. The molecule has 0 saturated heterocycles. The van der Waals surface area contributed by atoms with Crippen molar-refractivity contribution in [1.82, 2.24) is 4.98 Å². The monoisotopic (exact) mass is 440 g/mol. The maximum Gasteiger partial charge on any atom is 0.378 e. The predicted molar refractivity (Wildman–Crippen MR) is 124 cm³/mol. The number of rotatable bonds is 6. The van der Waals surface area contributed by atoms with Crippen LogP contribution in [-0.4, -0.2) is 22.5 Å². The third kappa shape index (κ3) is 4.62. The van der Waals surface area contributed by atoms with E-state index in [9.17, 15) is 14.9 Å². The normalized spacial score (nSPS) is 10.6. The van der Waals surface area contributed by atoms with E-state index in [0.717, 1.165) is 22.3 Å². The first-order valence-corrected chi connectivity index (χ1v) is 10.5. The minimum absolute atomic E-state index is 0.130. The van der Waals surface area contributed by atoms with Crippen molar-refractivity contribution in [3.63, 3.8) is 0 Å². The number of aromatic nitrogens is 2. The average Bonchev–Trinajstić information content (AvgIpc) is 2.84. The molecule has 2 aromatic carbocycles. The number of ether oxygens (including phenoxy) is 1. The molecule has 0 aliphatic heterocycles. The summed E-state index contributed by atoms with van der Waals surface area (Å²) in [5, 5.41) is 11.1. The van der Waals surface area contributed by atoms with Crippen LogP contribution < -0.4 is 4.57 Å². The Bertz CT molecular complexity index is 1300. The van der Waals surface area contributed by atoms with Gasteiger partial charge in [-0.3, -0.25) is 10.1 Å². The molecule has 0 radical (unpaired) electrons. The van der Waals surface area contributed by atoms with E-state index >= 15 is 0 Å². The molecule has 2 heterocycles. The fourth-order valence-electron chi connectivity index (χ4n) is 3.55. The van der Waals surface area contributed by atoms with Crippen LogP contribution in [0.15, 0.2) is 85.1 Å². The van der Waals surface area contributed by atoms with Gasteiger partial charge >= 0.3 is 17.5 Å². The first-order chi connectivity index (χ1) is 16.0. The maximum atomic E-state index is 13.1. The van der Waals surface area contributed by atoms with Gasteiger partial charge in [-0.05, 0) is 36.0 Å². The van der Waals surface area contributed by atoms with E-state index < -0.39 is 10.9 Å². The fraction of sp³-hybridized carbons (Fsp3) is 0.115. The molecular weight excluding hydrogens is 418 g/mol. The lowest BCUT2D eigenvalue weighted by Crippen LogP contribution is -2.42. The summed E-state index contributed by atoms with van der Waals surface area (Å²) in [6, 6.07) is 24.3. The van der Waals surface area contributed by atoms with Gasteiger partial charge in [0.15, 0.2) is 0 Å². The summed E-state index contributed by atoms with van der Waals surface area (Å²) in [5.74, 6) is -0.137. The maximum absolute atomic E-state index is 13.1. The summed E-state index contributed by atoms with van der Waals surface area (Å²) in [4.78, 5) is 27.9. The Labute approximate surface area is 191 Å². The molecule has 7 nitrogen and oxygen atoms in total. The SMILES string of the molecule is CCOC(=O)c1cc(-c2ccc(C)cc2)cc(-c2ccccc2)[n+]1-c1ccc([N+](=O)[O-])cn1. The van der Waals surface area contributed by atoms with Crippen LogP contribution in [-0.2, 0) is 4.74 Å². The molecule has 2 aromatic heterocycles. The molecule has 0 atom stereocenters. The van der Waals surface area contributed by atoms with E-state index in [4.69, 9.17) is 4.74 Å². The zero-order valence-corrected chi connectivity index (χ0v) is 18.3. The molecule has 0 spiro atoms. The van der Waals surface area contributed by atoms with Gasteiger partial charge in [0.1, 0.15) is 5.69 Å². The van der Waals surface area contributed by atoms with Gasteiger partial charge in [0.05, 0.1) is 11.5 Å². The second-order valence-electron chi connectivity index (χ2n) is 7.43. The summed E-state index contributed by atoms with van der Waals surface area (Å²) in [7, 11) is 0. The minimum atomic E-state index is -0.510. The van der Waals surface area contributed by atoms with Crippen molar-refractivity contribution in [3.8, 4) is 28.2 Å². The smallest absolute Gasteiger partial charge is 0.378 e. The van der Waals surface area contributed by atoms with Gasteiger partial charge in [-0.15, -0.1) is 0 Å². The topological polar surface area (TPSA) is 86.2 Å². The van der Waals surface area contributed by atoms with Crippen LogP contribution in [0.3, 0.4) is 0 Å². The number of nitro groups is 1. The van der Waals surface area contributed by atoms with Crippen molar-refractivity contribution in [2.75, 3.05) is 6.61 Å². The van der Waals surface area contributed by atoms with Gasteiger partial charge in [0.25, 0.3) is 0 Å². The molecule has 0 aliphatic carbocycles. The van der Waals surface area contributed by atoms with E-state index in [-0.39, 0.29) is 18.0 Å². The number of hydrogen-bond donors (Lipinski definition) is 0. The zero-order chi connectivity index (χ0) is 23.4. The first kappa shape index (κ1) is 21.8. The quantitative estimate of drug-likeness (QED) is 0.180. The standard InChI is InChI=1S/C26H22N3O4/c1-3-33-26(30)24-16-21(19-11-9-18(2)10-12-19)15-23(20-7-5-4-6-8-20)28(24)25-14-13-22(17-27-25)29(31)32/h4-17H,3H2,1-2H3/q+1. The Hall–Kier alpha value is -4.39. The van der Waals surface area contributed by atoms with E-state index in [1.54, 1.807) is 17.6 Å². The number of nitrogens with zero attached hydrogens (tertiary/aromatic N) is 3. The van der Waals surface area contributed by atoms with Crippen LogP contribution in [0, 0.1) is 17.0 Å². The fourth-order valence-corrected chi connectivity index (χ4v) is 3.55. The molecule has 4 rings (SSSR count). The van der Waals surface area contributed by atoms with Gasteiger partial charge in [0.2, 0.25) is 11.9 Å². The molecule has 0 aliphatic rings. The van der Waals surface area contributed by atoms with Crippen LogP contribution in [0.2, 0.25) is 0 Å². The van der Waals surface area contributed by atoms with Crippen molar-refractivity contribution < 1.29 is 19.0 Å². The average molecular weight is 440 g/mol. The van der Waals surface area contributed by atoms with Gasteiger partial charge in [-0.2, -0.15) is 4.57 Å². The highest BCUT2D eigenvalue weighted by Crippen LogP contribution is 2.27. The number of esters is 1.